The first kappa shape index (κ1) is 18.1. The Balaban J connectivity index is 1.56. The summed E-state index contributed by atoms with van der Waals surface area (Å²) in [5.74, 6) is -0.445. The van der Waals surface area contributed by atoms with Crippen molar-refractivity contribution in [2.45, 2.75) is 45.4 Å². The van der Waals surface area contributed by atoms with Crippen LogP contribution in [-0.2, 0) is 4.79 Å². The second-order valence-corrected chi connectivity index (χ2v) is 5.86. The molecule has 2 aromatic rings. The Morgan fingerprint density at radius 1 is 1.08 bits per heavy atom. The number of ether oxygens (including phenoxy) is 1. The first-order valence-electron chi connectivity index (χ1n) is 8.52. The standard InChI is InChI=1S/C20H24FNO2/c1-16(23)18(21)11-6-4-2-3-5-9-15-24-20-14-13-17-10-7-8-12-19(17)22-20/h7-8,10-14H,2-6,9,15H2,1H3. The number of allylic oxidation sites excluding steroid dienone is 2. The monoisotopic (exact) mass is 329 g/mol. The van der Waals surface area contributed by atoms with Crippen LogP contribution in [0.1, 0.15) is 45.4 Å². The number of Topliss-reactive ketones (excluding diaryl/α,β-unsaturated/α-hetero) is 1. The zero-order valence-corrected chi connectivity index (χ0v) is 14.1. The third kappa shape index (κ3) is 6.11. The highest BCUT2D eigenvalue weighted by Gasteiger charge is 2.00. The van der Waals surface area contributed by atoms with Crippen molar-refractivity contribution >= 4 is 16.7 Å². The first-order valence-corrected chi connectivity index (χ1v) is 8.52. The number of rotatable bonds is 10. The molecule has 0 atom stereocenters. The normalized spacial score (nSPS) is 11.7. The fraction of sp³-hybridized carbons (Fsp3) is 0.400. The quantitative estimate of drug-likeness (QED) is 0.433. The third-order valence-corrected chi connectivity index (χ3v) is 3.83. The van der Waals surface area contributed by atoms with Crippen molar-refractivity contribution in [3.8, 4) is 5.88 Å². The number of pyridine rings is 1. The highest BCUT2D eigenvalue weighted by atomic mass is 19.1. The predicted molar refractivity (Wildman–Crippen MR) is 94.8 cm³/mol. The van der Waals surface area contributed by atoms with Crippen molar-refractivity contribution in [2.75, 3.05) is 6.61 Å². The molecule has 128 valence electrons. The van der Waals surface area contributed by atoms with Crippen LogP contribution in [0.5, 0.6) is 5.88 Å². The summed E-state index contributed by atoms with van der Waals surface area (Å²) in [6.45, 7) is 1.90. The number of carbonyl (C=O) groups is 1. The highest BCUT2D eigenvalue weighted by Crippen LogP contribution is 2.16. The SMILES string of the molecule is CC(=O)C(F)=CCCCCCCCOc1ccc2ccccc2n1. The molecule has 0 saturated carbocycles. The molecule has 0 bridgehead atoms. The van der Waals surface area contributed by atoms with Crippen LogP contribution in [0.3, 0.4) is 0 Å². The number of hydrogen-bond acceptors (Lipinski definition) is 3. The number of aromatic nitrogens is 1. The lowest BCUT2D eigenvalue weighted by Gasteiger charge is -2.06. The Hall–Kier alpha value is -2.23. The highest BCUT2D eigenvalue weighted by molar-refractivity contribution is 5.90. The molecule has 0 aliphatic rings. The van der Waals surface area contributed by atoms with Gasteiger partial charge in [-0.1, -0.05) is 37.5 Å². The molecule has 3 nitrogen and oxygen atoms in total. The number of nitrogens with zero attached hydrogens (tertiary/aromatic N) is 1. The Labute approximate surface area is 142 Å². The van der Waals surface area contributed by atoms with Crippen LogP contribution in [0, 0.1) is 0 Å². The zero-order valence-electron chi connectivity index (χ0n) is 14.1. The van der Waals surface area contributed by atoms with Gasteiger partial charge in [0.25, 0.3) is 0 Å². The minimum Gasteiger partial charge on any atom is -0.478 e. The second-order valence-electron chi connectivity index (χ2n) is 5.86. The fourth-order valence-electron chi connectivity index (χ4n) is 2.45. The number of ketones is 1. The van der Waals surface area contributed by atoms with Crippen molar-refractivity contribution < 1.29 is 13.9 Å². The fourth-order valence-corrected chi connectivity index (χ4v) is 2.45. The summed E-state index contributed by atoms with van der Waals surface area (Å²) in [5, 5.41) is 1.11. The number of unbranched alkanes of at least 4 members (excludes halogenated alkanes) is 5. The molecule has 0 N–H and O–H groups in total. The lowest BCUT2D eigenvalue weighted by Crippen LogP contribution is -1.99. The van der Waals surface area contributed by atoms with Gasteiger partial charge in [0.2, 0.25) is 5.88 Å². The van der Waals surface area contributed by atoms with Crippen LogP contribution in [0.25, 0.3) is 10.9 Å². The van der Waals surface area contributed by atoms with E-state index < -0.39 is 11.6 Å². The Morgan fingerprint density at radius 2 is 1.83 bits per heavy atom. The number of benzene rings is 1. The van der Waals surface area contributed by atoms with Gasteiger partial charge in [-0.05, 0) is 37.5 Å². The van der Waals surface area contributed by atoms with Crippen molar-refractivity contribution in [1.29, 1.82) is 0 Å². The molecule has 0 fully saturated rings. The summed E-state index contributed by atoms with van der Waals surface area (Å²) < 4.78 is 18.6. The molecule has 0 saturated heterocycles. The Kier molecular flexibility index (Phi) is 7.40. The number of carbonyl (C=O) groups excluding carboxylic acids is 1. The van der Waals surface area contributed by atoms with Gasteiger partial charge in [0, 0.05) is 18.4 Å². The molecule has 24 heavy (non-hydrogen) atoms. The van der Waals surface area contributed by atoms with Crippen LogP contribution in [0.2, 0.25) is 0 Å². The van der Waals surface area contributed by atoms with Gasteiger partial charge in [0.1, 0.15) is 0 Å². The smallest absolute Gasteiger partial charge is 0.213 e. The summed E-state index contributed by atoms with van der Waals surface area (Å²) in [6.07, 6.45) is 7.10. The van der Waals surface area contributed by atoms with Crippen LogP contribution < -0.4 is 4.74 Å². The van der Waals surface area contributed by atoms with E-state index >= 15 is 0 Å². The molecule has 1 aromatic carbocycles. The number of hydrogen-bond donors (Lipinski definition) is 0. The Morgan fingerprint density at radius 3 is 2.67 bits per heavy atom. The van der Waals surface area contributed by atoms with Crippen LogP contribution in [-0.4, -0.2) is 17.4 Å². The average molecular weight is 329 g/mol. The van der Waals surface area contributed by atoms with E-state index in [9.17, 15) is 9.18 Å². The lowest BCUT2D eigenvalue weighted by molar-refractivity contribution is -0.114. The van der Waals surface area contributed by atoms with Gasteiger partial charge in [-0.3, -0.25) is 4.79 Å². The summed E-state index contributed by atoms with van der Waals surface area (Å²) in [4.78, 5) is 15.2. The maximum Gasteiger partial charge on any atom is 0.213 e. The van der Waals surface area contributed by atoms with E-state index in [4.69, 9.17) is 4.74 Å². The number of fused-ring (bicyclic) bond motifs is 1. The van der Waals surface area contributed by atoms with Crippen LogP contribution in [0.15, 0.2) is 48.3 Å². The second kappa shape index (κ2) is 9.81. The van der Waals surface area contributed by atoms with E-state index in [1.165, 1.54) is 13.0 Å². The minimum atomic E-state index is -0.619. The van der Waals surface area contributed by atoms with Gasteiger partial charge in [-0.25, -0.2) is 9.37 Å². The predicted octanol–water partition coefficient (Wildman–Crippen LogP) is 5.40. The molecule has 1 heterocycles. The molecule has 4 heteroatoms. The van der Waals surface area contributed by atoms with Crippen molar-refractivity contribution in [3.05, 3.63) is 48.3 Å². The molecular formula is C20H24FNO2. The van der Waals surface area contributed by atoms with E-state index in [2.05, 4.69) is 4.98 Å². The van der Waals surface area contributed by atoms with E-state index in [1.807, 2.05) is 36.4 Å². The van der Waals surface area contributed by atoms with Gasteiger partial charge in [-0.2, -0.15) is 0 Å². The van der Waals surface area contributed by atoms with Gasteiger partial charge >= 0.3 is 0 Å². The summed E-state index contributed by atoms with van der Waals surface area (Å²) in [6, 6.07) is 11.9. The third-order valence-electron chi connectivity index (χ3n) is 3.83. The summed E-state index contributed by atoms with van der Waals surface area (Å²) in [5.41, 5.74) is 0.945. The average Bonchev–Trinajstić information content (AvgIpc) is 2.59. The van der Waals surface area contributed by atoms with Crippen LogP contribution >= 0.6 is 0 Å². The molecule has 0 aliphatic heterocycles. The van der Waals surface area contributed by atoms with Crippen molar-refractivity contribution in [2.24, 2.45) is 0 Å². The van der Waals surface area contributed by atoms with Gasteiger partial charge in [0.05, 0.1) is 12.1 Å². The van der Waals surface area contributed by atoms with Crippen molar-refractivity contribution in [1.82, 2.24) is 4.98 Å². The van der Waals surface area contributed by atoms with E-state index in [0.29, 0.717) is 18.9 Å². The van der Waals surface area contributed by atoms with Crippen LogP contribution in [0.4, 0.5) is 4.39 Å². The minimum absolute atomic E-state index is 0.491. The summed E-state index contributed by atoms with van der Waals surface area (Å²) in [7, 11) is 0. The van der Waals surface area contributed by atoms with Crippen molar-refractivity contribution in [3.63, 3.8) is 0 Å². The molecule has 0 radical (unpaired) electrons. The maximum atomic E-state index is 12.9. The molecule has 1 aromatic heterocycles. The number of halogens is 1. The molecule has 0 amide bonds. The topological polar surface area (TPSA) is 39.2 Å². The van der Waals surface area contributed by atoms with Gasteiger partial charge in [0.15, 0.2) is 11.6 Å². The van der Waals surface area contributed by atoms with Gasteiger partial charge in [-0.15, -0.1) is 0 Å². The molecule has 0 spiro atoms. The molecule has 0 unspecified atom stereocenters. The maximum absolute atomic E-state index is 12.9. The Bertz CT molecular complexity index is 697. The van der Waals surface area contributed by atoms with E-state index in [1.54, 1.807) is 0 Å². The molecule has 2 rings (SSSR count). The lowest BCUT2D eigenvalue weighted by atomic mass is 10.1. The zero-order chi connectivity index (χ0) is 17.2. The molecule has 0 aliphatic carbocycles. The first-order chi connectivity index (χ1) is 11.7. The summed E-state index contributed by atoms with van der Waals surface area (Å²) >= 11 is 0. The largest absolute Gasteiger partial charge is 0.478 e. The molecular weight excluding hydrogens is 305 g/mol. The number of para-hydroxylation sites is 1. The van der Waals surface area contributed by atoms with Gasteiger partial charge < -0.3 is 4.74 Å². The van der Waals surface area contributed by atoms with E-state index in [-0.39, 0.29) is 0 Å². The van der Waals surface area contributed by atoms with E-state index in [0.717, 1.165) is 43.0 Å².